The molecule has 1 amide bonds. The molecule has 0 unspecified atom stereocenters. The highest BCUT2D eigenvalue weighted by Gasteiger charge is 2.31. The third kappa shape index (κ3) is 5.28. The van der Waals surface area contributed by atoms with Gasteiger partial charge in [0.05, 0.1) is 26.1 Å². The molecule has 0 fully saturated rings. The minimum absolute atomic E-state index is 0.0189. The predicted molar refractivity (Wildman–Crippen MR) is 106 cm³/mol. The predicted octanol–water partition coefficient (Wildman–Crippen LogP) is 6.16. The lowest BCUT2D eigenvalue weighted by atomic mass is 10.2. The van der Waals surface area contributed by atoms with Gasteiger partial charge in [-0.2, -0.15) is 13.2 Å². The van der Waals surface area contributed by atoms with E-state index in [1.165, 1.54) is 30.3 Å². The fourth-order valence-electron chi connectivity index (χ4n) is 2.38. The van der Waals surface area contributed by atoms with E-state index in [1.807, 2.05) is 0 Å². The first-order valence-corrected chi connectivity index (χ1v) is 9.52. The molecule has 11 heteroatoms. The van der Waals surface area contributed by atoms with Crippen LogP contribution < -0.4 is 10.1 Å². The summed E-state index contributed by atoms with van der Waals surface area (Å²) in [5, 5.41) is 14.7. The van der Waals surface area contributed by atoms with E-state index in [0.717, 1.165) is 29.5 Å². The number of non-ortho nitro benzene ring substituents is 1. The van der Waals surface area contributed by atoms with Gasteiger partial charge in [-0.3, -0.25) is 14.9 Å². The molecule has 156 valence electrons. The van der Waals surface area contributed by atoms with Crippen LogP contribution in [-0.2, 0) is 12.8 Å². The molecule has 0 radical (unpaired) electrons. The van der Waals surface area contributed by atoms with E-state index in [0.29, 0.717) is 11.3 Å². The van der Waals surface area contributed by atoms with E-state index in [9.17, 15) is 28.1 Å². The third-order valence-corrected chi connectivity index (χ3v) is 5.18. The number of nitrogens with zero attached hydrogens (tertiary/aromatic N) is 1. The van der Waals surface area contributed by atoms with Crippen LogP contribution in [0.5, 0.6) is 5.75 Å². The van der Waals surface area contributed by atoms with Gasteiger partial charge in [-0.05, 0) is 41.8 Å². The molecule has 0 aliphatic rings. The molecular formula is C19H12ClF3N2O4S. The SMILES string of the molecule is O=C(Nc1cc(C(F)(F)F)ccc1Cl)c1cc(COc2ccc([N+](=O)[O-])cc2)cs1. The zero-order valence-electron chi connectivity index (χ0n) is 14.9. The molecule has 0 atom stereocenters. The van der Waals surface area contributed by atoms with E-state index in [-0.39, 0.29) is 27.9 Å². The smallest absolute Gasteiger partial charge is 0.416 e. The average Bonchev–Trinajstić information content (AvgIpc) is 3.16. The molecule has 1 heterocycles. The summed E-state index contributed by atoms with van der Waals surface area (Å²) in [6.45, 7) is 0.103. The van der Waals surface area contributed by atoms with Crippen molar-refractivity contribution in [3.8, 4) is 5.75 Å². The molecule has 0 saturated heterocycles. The first-order valence-electron chi connectivity index (χ1n) is 8.26. The molecule has 3 aromatic rings. The van der Waals surface area contributed by atoms with E-state index in [4.69, 9.17) is 16.3 Å². The monoisotopic (exact) mass is 456 g/mol. The Bertz CT molecular complexity index is 1080. The van der Waals surface area contributed by atoms with Crippen LogP contribution in [0, 0.1) is 10.1 Å². The number of thiophene rings is 1. The van der Waals surface area contributed by atoms with Crippen molar-refractivity contribution in [3.05, 3.63) is 85.1 Å². The summed E-state index contributed by atoms with van der Waals surface area (Å²) in [7, 11) is 0. The summed E-state index contributed by atoms with van der Waals surface area (Å²) in [6, 6.07) is 9.72. The van der Waals surface area contributed by atoms with Crippen LogP contribution in [0.2, 0.25) is 5.02 Å². The highest BCUT2D eigenvalue weighted by Crippen LogP contribution is 2.34. The van der Waals surface area contributed by atoms with Gasteiger partial charge in [-0.25, -0.2) is 0 Å². The van der Waals surface area contributed by atoms with Gasteiger partial charge < -0.3 is 10.1 Å². The Hall–Kier alpha value is -3.11. The van der Waals surface area contributed by atoms with Crippen LogP contribution in [0.15, 0.2) is 53.9 Å². The normalized spacial score (nSPS) is 11.2. The Labute approximate surface area is 177 Å². The number of amides is 1. The number of carbonyl (C=O) groups excluding carboxylic acids is 1. The zero-order valence-corrected chi connectivity index (χ0v) is 16.5. The van der Waals surface area contributed by atoms with Gasteiger partial charge in [-0.1, -0.05) is 11.6 Å². The highest BCUT2D eigenvalue weighted by molar-refractivity contribution is 7.12. The molecule has 0 aliphatic carbocycles. The molecule has 1 N–H and O–H groups in total. The number of nitro benzene ring substituents is 1. The van der Waals surface area contributed by atoms with Crippen molar-refractivity contribution in [2.45, 2.75) is 12.8 Å². The second-order valence-electron chi connectivity index (χ2n) is 6.01. The van der Waals surface area contributed by atoms with Crippen molar-refractivity contribution in [3.63, 3.8) is 0 Å². The molecule has 0 bridgehead atoms. The fourth-order valence-corrected chi connectivity index (χ4v) is 3.34. The number of hydrogen-bond donors (Lipinski definition) is 1. The van der Waals surface area contributed by atoms with Crippen LogP contribution >= 0.6 is 22.9 Å². The van der Waals surface area contributed by atoms with Gasteiger partial charge in [0.15, 0.2) is 0 Å². The number of anilines is 1. The number of rotatable bonds is 6. The van der Waals surface area contributed by atoms with Crippen molar-refractivity contribution in [1.29, 1.82) is 0 Å². The number of alkyl halides is 3. The third-order valence-electron chi connectivity index (χ3n) is 3.87. The van der Waals surface area contributed by atoms with Crippen LogP contribution in [0.3, 0.4) is 0 Å². The molecule has 3 rings (SSSR count). The maximum absolute atomic E-state index is 12.8. The maximum Gasteiger partial charge on any atom is 0.416 e. The summed E-state index contributed by atoms with van der Waals surface area (Å²) in [5.41, 5.74) is -0.483. The number of ether oxygens (including phenoxy) is 1. The molecule has 2 aromatic carbocycles. The Morgan fingerprint density at radius 3 is 2.50 bits per heavy atom. The largest absolute Gasteiger partial charge is 0.489 e. The number of nitro groups is 1. The molecular weight excluding hydrogens is 445 g/mol. The number of nitrogens with one attached hydrogen (secondary N) is 1. The van der Waals surface area contributed by atoms with Crippen LogP contribution in [-0.4, -0.2) is 10.8 Å². The van der Waals surface area contributed by atoms with Crippen LogP contribution in [0.1, 0.15) is 20.8 Å². The lowest BCUT2D eigenvalue weighted by molar-refractivity contribution is -0.384. The van der Waals surface area contributed by atoms with E-state index in [1.54, 1.807) is 5.38 Å². The fraction of sp³-hybridized carbons (Fsp3) is 0.105. The number of hydrogen-bond acceptors (Lipinski definition) is 5. The molecule has 0 saturated carbocycles. The number of halogens is 4. The van der Waals surface area contributed by atoms with Crippen LogP contribution in [0.4, 0.5) is 24.5 Å². The van der Waals surface area contributed by atoms with Gasteiger partial charge in [0.1, 0.15) is 12.4 Å². The average molecular weight is 457 g/mol. The summed E-state index contributed by atoms with van der Waals surface area (Å²) < 4.78 is 44.1. The zero-order chi connectivity index (χ0) is 21.9. The Morgan fingerprint density at radius 1 is 1.17 bits per heavy atom. The topological polar surface area (TPSA) is 81.5 Å². The second kappa shape index (κ2) is 8.72. The standard InChI is InChI=1S/C19H12ClF3N2O4S/c20-15-6-1-12(19(21,22)23)8-16(15)24-18(26)17-7-11(10-30-17)9-29-14-4-2-13(3-5-14)25(27)28/h1-8,10H,9H2,(H,24,26). The van der Waals surface area contributed by atoms with E-state index >= 15 is 0 Å². The van der Waals surface area contributed by atoms with E-state index < -0.39 is 22.6 Å². The molecule has 30 heavy (non-hydrogen) atoms. The number of carbonyl (C=O) groups is 1. The molecule has 1 aromatic heterocycles. The van der Waals surface area contributed by atoms with Crippen molar-refractivity contribution >= 4 is 40.2 Å². The van der Waals surface area contributed by atoms with Gasteiger partial charge in [0.2, 0.25) is 0 Å². The second-order valence-corrected chi connectivity index (χ2v) is 7.32. The Morgan fingerprint density at radius 2 is 1.87 bits per heavy atom. The van der Waals surface area contributed by atoms with Crippen molar-refractivity contribution in [1.82, 2.24) is 0 Å². The van der Waals surface area contributed by atoms with Crippen molar-refractivity contribution in [2.24, 2.45) is 0 Å². The van der Waals surface area contributed by atoms with Gasteiger partial charge in [0, 0.05) is 17.7 Å². The van der Waals surface area contributed by atoms with E-state index in [2.05, 4.69) is 5.32 Å². The summed E-state index contributed by atoms with van der Waals surface area (Å²) in [6.07, 6.45) is -4.56. The first-order chi connectivity index (χ1) is 14.1. The maximum atomic E-state index is 12.8. The van der Waals surface area contributed by atoms with Gasteiger partial charge in [0.25, 0.3) is 11.6 Å². The molecule has 6 nitrogen and oxygen atoms in total. The number of benzene rings is 2. The van der Waals surface area contributed by atoms with Crippen LogP contribution in [0.25, 0.3) is 0 Å². The highest BCUT2D eigenvalue weighted by atomic mass is 35.5. The minimum Gasteiger partial charge on any atom is -0.489 e. The van der Waals surface area contributed by atoms with Gasteiger partial charge >= 0.3 is 6.18 Å². The Kier molecular flexibility index (Phi) is 6.28. The van der Waals surface area contributed by atoms with Crippen molar-refractivity contribution < 1.29 is 27.6 Å². The summed E-state index contributed by atoms with van der Waals surface area (Å²) in [4.78, 5) is 22.7. The lowest BCUT2D eigenvalue weighted by Gasteiger charge is -2.11. The molecule has 0 spiro atoms. The summed E-state index contributed by atoms with van der Waals surface area (Å²) >= 11 is 6.98. The minimum atomic E-state index is -4.56. The summed E-state index contributed by atoms with van der Waals surface area (Å²) in [5.74, 6) is -0.198. The van der Waals surface area contributed by atoms with Gasteiger partial charge in [-0.15, -0.1) is 11.3 Å². The first kappa shape index (κ1) is 21.6. The molecule has 0 aliphatic heterocycles. The lowest BCUT2D eigenvalue weighted by Crippen LogP contribution is -2.12. The quantitative estimate of drug-likeness (QED) is 0.356. The van der Waals surface area contributed by atoms with Crippen molar-refractivity contribution in [2.75, 3.05) is 5.32 Å². The Balaban J connectivity index is 1.64.